The van der Waals surface area contributed by atoms with Crippen LogP contribution in [0.15, 0.2) is 11.5 Å². The minimum Gasteiger partial charge on any atom is -0.459 e. The molecule has 1 aliphatic carbocycles. The highest BCUT2D eigenvalue weighted by Gasteiger charge is 2.24. The van der Waals surface area contributed by atoms with Gasteiger partial charge in [0.15, 0.2) is 0 Å². The summed E-state index contributed by atoms with van der Waals surface area (Å²) in [6, 6.07) is 0. The molecule has 0 aromatic carbocycles. The first-order chi connectivity index (χ1) is 4.47. The molecule has 1 heterocycles. The lowest BCUT2D eigenvalue weighted by Crippen LogP contribution is -1.80. The van der Waals surface area contributed by atoms with Gasteiger partial charge in [-0.3, -0.25) is 0 Å². The normalized spacial score (nSPS) is 25.8. The van der Waals surface area contributed by atoms with Crippen LogP contribution in [-0.4, -0.2) is 0 Å². The van der Waals surface area contributed by atoms with E-state index in [1.807, 2.05) is 0 Å². The van der Waals surface area contributed by atoms with E-state index >= 15 is 0 Å². The van der Waals surface area contributed by atoms with Gasteiger partial charge in [-0.1, -0.05) is 12.8 Å². The molecule has 2 aliphatic rings. The molecular formula is C8H12O. The summed E-state index contributed by atoms with van der Waals surface area (Å²) in [6.07, 6.45) is 7.93. The lowest BCUT2D eigenvalue weighted by Gasteiger charge is -1.95. The van der Waals surface area contributed by atoms with Gasteiger partial charge < -0.3 is 4.74 Å². The van der Waals surface area contributed by atoms with Crippen LogP contribution in [0.4, 0.5) is 0 Å². The van der Waals surface area contributed by atoms with Crippen LogP contribution in [0, 0.1) is 0 Å². The molecule has 0 unspecified atom stereocenters. The first kappa shape index (κ1) is 5.33. The fourth-order valence-electron chi connectivity index (χ4n) is 1.43. The van der Waals surface area contributed by atoms with Gasteiger partial charge in [0, 0.05) is 12.8 Å². The molecule has 1 heteroatoms. The van der Waals surface area contributed by atoms with Gasteiger partial charge in [0.1, 0.15) is 11.5 Å². The first-order valence-electron chi connectivity index (χ1n) is 3.87. The van der Waals surface area contributed by atoms with Gasteiger partial charge in [-0.15, -0.1) is 0 Å². The van der Waals surface area contributed by atoms with Crippen molar-refractivity contribution in [3.63, 3.8) is 0 Å². The molecule has 0 fully saturated rings. The second-order valence-corrected chi connectivity index (χ2v) is 2.86. The van der Waals surface area contributed by atoms with Crippen molar-refractivity contribution in [2.45, 2.75) is 38.5 Å². The van der Waals surface area contributed by atoms with Crippen molar-refractivity contribution in [1.29, 1.82) is 0 Å². The molecular weight excluding hydrogens is 112 g/mol. The second-order valence-electron chi connectivity index (χ2n) is 2.86. The van der Waals surface area contributed by atoms with Crippen molar-refractivity contribution in [3.8, 4) is 0 Å². The van der Waals surface area contributed by atoms with Crippen molar-refractivity contribution in [2.24, 2.45) is 0 Å². The van der Waals surface area contributed by atoms with E-state index in [2.05, 4.69) is 0 Å². The minimum absolute atomic E-state index is 1.22. The Labute approximate surface area is 55.7 Å². The quantitative estimate of drug-likeness (QED) is 0.483. The molecule has 0 saturated heterocycles. The predicted octanol–water partition coefficient (Wildman–Crippen LogP) is 2.58. The van der Waals surface area contributed by atoms with Crippen molar-refractivity contribution < 1.29 is 4.74 Å². The largest absolute Gasteiger partial charge is 0.459 e. The van der Waals surface area contributed by atoms with Gasteiger partial charge in [0.2, 0.25) is 0 Å². The van der Waals surface area contributed by atoms with Crippen LogP contribution in [0.1, 0.15) is 38.5 Å². The molecule has 2 rings (SSSR count). The molecule has 0 N–H and O–H groups in total. The monoisotopic (exact) mass is 124 g/mol. The summed E-state index contributed by atoms with van der Waals surface area (Å²) in [5, 5.41) is 0. The van der Waals surface area contributed by atoms with Crippen molar-refractivity contribution in [2.75, 3.05) is 0 Å². The Morgan fingerprint density at radius 2 is 1.33 bits per heavy atom. The molecule has 0 aromatic heterocycles. The summed E-state index contributed by atoms with van der Waals surface area (Å²) in [7, 11) is 0. The summed E-state index contributed by atoms with van der Waals surface area (Å²) < 4.78 is 5.27. The number of hydrogen-bond donors (Lipinski definition) is 0. The zero-order valence-corrected chi connectivity index (χ0v) is 5.65. The van der Waals surface area contributed by atoms with Crippen LogP contribution in [-0.2, 0) is 4.74 Å². The molecule has 0 radical (unpaired) electrons. The number of ether oxygens (including phenoxy) is 1. The maximum atomic E-state index is 5.27. The molecule has 0 aromatic rings. The van der Waals surface area contributed by atoms with Gasteiger partial charge in [-0.2, -0.15) is 0 Å². The highest BCUT2D eigenvalue weighted by Crippen LogP contribution is 2.36. The Morgan fingerprint density at radius 3 is 1.89 bits per heavy atom. The van der Waals surface area contributed by atoms with Crippen LogP contribution < -0.4 is 0 Å². The molecule has 0 bridgehead atoms. The third-order valence-corrected chi connectivity index (χ3v) is 2.07. The van der Waals surface area contributed by atoms with Crippen molar-refractivity contribution in [1.82, 2.24) is 0 Å². The Bertz CT molecular complexity index is 131. The minimum atomic E-state index is 1.22. The zero-order chi connectivity index (χ0) is 6.10. The Kier molecular flexibility index (Phi) is 1.22. The van der Waals surface area contributed by atoms with Crippen LogP contribution >= 0.6 is 0 Å². The molecule has 50 valence electrons. The lowest BCUT2D eigenvalue weighted by atomic mass is 10.1. The third-order valence-electron chi connectivity index (χ3n) is 2.07. The zero-order valence-electron chi connectivity index (χ0n) is 5.65. The van der Waals surface area contributed by atoms with Gasteiger partial charge in [0.25, 0.3) is 0 Å². The fraction of sp³-hybridized carbons (Fsp3) is 0.750. The summed E-state index contributed by atoms with van der Waals surface area (Å²) in [4.78, 5) is 0. The van der Waals surface area contributed by atoms with Gasteiger partial charge in [0.05, 0.1) is 0 Å². The van der Waals surface area contributed by atoms with E-state index in [0.717, 1.165) is 0 Å². The van der Waals surface area contributed by atoms with E-state index in [1.165, 1.54) is 50.0 Å². The smallest absolute Gasteiger partial charge is 0.142 e. The highest BCUT2D eigenvalue weighted by molar-refractivity contribution is 5.17. The third kappa shape index (κ3) is 1.09. The standard InChI is InChI=1S/C8H12O/c1-2-4-6-8-7(9-8)5-3-1/h1-6H2. The van der Waals surface area contributed by atoms with Crippen molar-refractivity contribution >= 4 is 0 Å². The van der Waals surface area contributed by atoms with Gasteiger partial charge >= 0.3 is 0 Å². The molecule has 1 aliphatic heterocycles. The summed E-state index contributed by atoms with van der Waals surface area (Å²) >= 11 is 0. The van der Waals surface area contributed by atoms with Gasteiger partial charge in [-0.05, 0) is 12.8 Å². The maximum Gasteiger partial charge on any atom is 0.142 e. The molecule has 9 heavy (non-hydrogen) atoms. The average Bonchev–Trinajstić information content (AvgIpc) is 2.46. The van der Waals surface area contributed by atoms with E-state index in [4.69, 9.17) is 4.74 Å². The van der Waals surface area contributed by atoms with Gasteiger partial charge in [-0.25, -0.2) is 0 Å². The second kappa shape index (κ2) is 2.05. The first-order valence-corrected chi connectivity index (χ1v) is 3.87. The van der Waals surface area contributed by atoms with Crippen LogP contribution in [0.3, 0.4) is 0 Å². The summed E-state index contributed by atoms with van der Waals surface area (Å²) in [5.41, 5.74) is 0. The molecule has 0 atom stereocenters. The topological polar surface area (TPSA) is 12.5 Å². The SMILES string of the molecule is C1CCCC2=C(CC1)O2. The Hall–Kier alpha value is -0.460. The van der Waals surface area contributed by atoms with E-state index in [9.17, 15) is 0 Å². The van der Waals surface area contributed by atoms with E-state index < -0.39 is 0 Å². The van der Waals surface area contributed by atoms with E-state index in [1.54, 1.807) is 0 Å². The highest BCUT2D eigenvalue weighted by atomic mass is 16.6. The van der Waals surface area contributed by atoms with E-state index in [0.29, 0.717) is 0 Å². The predicted molar refractivity (Wildman–Crippen MR) is 35.8 cm³/mol. The Balaban J connectivity index is 1.94. The number of rotatable bonds is 0. The van der Waals surface area contributed by atoms with Crippen LogP contribution in [0.2, 0.25) is 0 Å². The molecule has 0 amide bonds. The average molecular weight is 124 g/mol. The van der Waals surface area contributed by atoms with Crippen molar-refractivity contribution in [3.05, 3.63) is 11.5 Å². The molecule has 1 nitrogen and oxygen atoms in total. The summed E-state index contributed by atoms with van der Waals surface area (Å²) in [5.74, 6) is 2.63. The number of allylic oxidation sites excluding steroid dienone is 2. The van der Waals surface area contributed by atoms with E-state index in [-0.39, 0.29) is 0 Å². The molecule has 0 spiro atoms. The number of hydrogen-bond acceptors (Lipinski definition) is 1. The lowest BCUT2D eigenvalue weighted by molar-refractivity contribution is 0.441. The van der Waals surface area contributed by atoms with Crippen LogP contribution in [0.25, 0.3) is 0 Å². The molecule has 0 saturated carbocycles. The Morgan fingerprint density at radius 1 is 0.778 bits per heavy atom. The maximum absolute atomic E-state index is 5.27. The van der Waals surface area contributed by atoms with Crippen LogP contribution in [0.5, 0.6) is 0 Å². The summed E-state index contributed by atoms with van der Waals surface area (Å²) in [6.45, 7) is 0. The fourth-order valence-corrected chi connectivity index (χ4v) is 1.43.